The molecule has 0 unspecified atom stereocenters. The minimum absolute atomic E-state index is 0.0678. The average Bonchev–Trinajstić information content (AvgIpc) is 2.87. The van der Waals surface area contributed by atoms with Gasteiger partial charge in [-0.15, -0.1) is 5.10 Å². The Morgan fingerprint density at radius 1 is 1.56 bits per heavy atom. The van der Waals surface area contributed by atoms with Crippen LogP contribution in [0.5, 0.6) is 0 Å². The minimum Gasteiger partial charge on any atom is -0.367 e. The summed E-state index contributed by atoms with van der Waals surface area (Å²) in [4.78, 5) is 19.0. The first-order valence-electron chi connectivity index (χ1n) is 4.50. The molecule has 1 amide bonds. The van der Waals surface area contributed by atoms with Crippen LogP contribution in [0.1, 0.15) is 5.82 Å². The number of nitrogens with two attached hydrogens (primary N) is 1. The number of rotatable bonds is 4. The number of H-pyrrole nitrogens is 1. The van der Waals surface area contributed by atoms with Gasteiger partial charge in [-0.05, 0) is 0 Å². The summed E-state index contributed by atoms with van der Waals surface area (Å²) in [5, 5.41) is 12.7. The summed E-state index contributed by atoms with van der Waals surface area (Å²) in [6.07, 6.45) is 2.77. The molecule has 0 aromatic carbocycles. The molecule has 84 valence electrons. The van der Waals surface area contributed by atoms with E-state index in [9.17, 15) is 4.79 Å². The maximum Gasteiger partial charge on any atom is 0.242 e. The van der Waals surface area contributed by atoms with Crippen LogP contribution in [-0.4, -0.2) is 35.9 Å². The van der Waals surface area contributed by atoms with Gasteiger partial charge in [-0.1, -0.05) is 0 Å². The number of carbonyl (C=O) groups excluding carboxylic acids is 1. The summed E-state index contributed by atoms with van der Waals surface area (Å²) < 4.78 is 1.35. The molecular formula is C7H10N8O. The maximum absolute atomic E-state index is 11.4. The van der Waals surface area contributed by atoms with E-state index in [1.165, 1.54) is 17.3 Å². The zero-order chi connectivity index (χ0) is 11.4. The highest BCUT2D eigenvalue weighted by Crippen LogP contribution is 1.90. The number of aromatic nitrogens is 6. The largest absolute Gasteiger partial charge is 0.367 e. The molecule has 2 rings (SSSR count). The average molecular weight is 222 g/mol. The molecule has 16 heavy (non-hydrogen) atoms. The highest BCUT2D eigenvalue weighted by molar-refractivity contribution is 5.75. The highest BCUT2D eigenvalue weighted by atomic mass is 16.2. The molecule has 0 atom stereocenters. The van der Waals surface area contributed by atoms with Crippen molar-refractivity contribution >= 4 is 11.9 Å². The number of amides is 1. The van der Waals surface area contributed by atoms with Crippen LogP contribution >= 0.6 is 0 Å². The SMILES string of the molecule is Nc1ncn(CC(=O)NCc2ncn[nH]2)n1. The van der Waals surface area contributed by atoms with E-state index < -0.39 is 0 Å². The van der Waals surface area contributed by atoms with Gasteiger partial charge in [0.25, 0.3) is 0 Å². The molecule has 2 aromatic heterocycles. The number of nitrogen functional groups attached to an aromatic ring is 1. The molecule has 9 nitrogen and oxygen atoms in total. The van der Waals surface area contributed by atoms with Crippen molar-refractivity contribution in [2.45, 2.75) is 13.1 Å². The maximum atomic E-state index is 11.4. The van der Waals surface area contributed by atoms with E-state index in [2.05, 4.69) is 30.6 Å². The van der Waals surface area contributed by atoms with Crippen molar-refractivity contribution in [2.24, 2.45) is 0 Å². The number of hydrogen-bond acceptors (Lipinski definition) is 6. The third-order valence-corrected chi connectivity index (χ3v) is 1.78. The zero-order valence-corrected chi connectivity index (χ0v) is 8.29. The van der Waals surface area contributed by atoms with Crippen LogP contribution in [0.2, 0.25) is 0 Å². The molecule has 0 radical (unpaired) electrons. The van der Waals surface area contributed by atoms with E-state index in [1.807, 2.05) is 0 Å². The van der Waals surface area contributed by atoms with Crippen molar-refractivity contribution in [3.8, 4) is 0 Å². The van der Waals surface area contributed by atoms with Crippen molar-refractivity contribution in [1.82, 2.24) is 35.3 Å². The Bertz CT molecular complexity index is 460. The molecule has 0 spiro atoms. The number of nitrogens with one attached hydrogen (secondary N) is 2. The molecule has 4 N–H and O–H groups in total. The lowest BCUT2D eigenvalue weighted by molar-refractivity contribution is -0.122. The lowest BCUT2D eigenvalue weighted by Crippen LogP contribution is -2.27. The van der Waals surface area contributed by atoms with Crippen molar-refractivity contribution in [3.63, 3.8) is 0 Å². The van der Waals surface area contributed by atoms with E-state index in [4.69, 9.17) is 5.73 Å². The fraction of sp³-hybridized carbons (Fsp3) is 0.286. The van der Waals surface area contributed by atoms with Gasteiger partial charge in [-0.2, -0.15) is 5.10 Å². The zero-order valence-electron chi connectivity index (χ0n) is 8.29. The Morgan fingerprint density at radius 2 is 2.44 bits per heavy atom. The molecule has 9 heteroatoms. The summed E-state index contributed by atoms with van der Waals surface area (Å²) in [5.74, 6) is 0.524. The van der Waals surface area contributed by atoms with Crippen LogP contribution < -0.4 is 11.1 Å². The van der Waals surface area contributed by atoms with Gasteiger partial charge in [0.05, 0.1) is 6.54 Å². The van der Waals surface area contributed by atoms with Crippen LogP contribution in [-0.2, 0) is 17.9 Å². The molecule has 0 aliphatic heterocycles. The Morgan fingerprint density at radius 3 is 3.06 bits per heavy atom. The van der Waals surface area contributed by atoms with Gasteiger partial charge in [0.1, 0.15) is 25.0 Å². The van der Waals surface area contributed by atoms with Crippen LogP contribution in [0.15, 0.2) is 12.7 Å². The number of nitrogens with zero attached hydrogens (tertiary/aromatic N) is 5. The fourth-order valence-electron chi connectivity index (χ4n) is 1.09. The van der Waals surface area contributed by atoms with Crippen LogP contribution in [0.25, 0.3) is 0 Å². The van der Waals surface area contributed by atoms with Crippen molar-refractivity contribution in [3.05, 3.63) is 18.5 Å². The quantitative estimate of drug-likeness (QED) is 0.565. The molecular weight excluding hydrogens is 212 g/mol. The molecule has 0 aliphatic rings. The summed E-state index contributed by atoms with van der Waals surface area (Å²) in [6.45, 7) is 0.362. The number of carbonyl (C=O) groups is 1. The van der Waals surface area contributed by atoms with Crippen LogP contribution in [0, 0.1) is 0 Å². The van der Waals surface area contributed by atoms with Gasteiger partial charge in [0, 0.05) is 0 Å². The predicted molar refractivity (Wildman–Crippen MR) is 52.7 cm³/mol. The van der Waals surface area contributed by atoms with Gasteiger partial charge in [0.15, 0.2) is 0 Å². The first kappa shape index (κ1) is 10.1. The molecule has 0 fully saturated rings. The first-order valence-corrected chi connectivity index (χ1v) is 4.50. The number of aromatic amines is 1. The van der Waals surface area contributed by atoms with E-state index >= 15 is 0 Å². The summed E-state index contributed by atoms with van der Waals surface area (Å²) >= 11 is 0. The van der Waals surface area contributed by atoms with Crippen molar-refractivity contribution in [1.29, 1.82) is 0 Å². The lowest BCUT2D eigenvalue weighted by Gasteiger charge is -2.02. The summed E-state index contributed by atoms with van der Waals surface area (Å²) in [7, 11) is 0. The van der Waals surface area contributed by atoms with Gasteiger partial charge >= 0.3 is 0 Å². The van der Waals surface area contributed by atoms with Crippen LogP contribution in [0.3, 0.4) is 0 Å². The first-order chi connectivity index (χ1) is 7.74. The molecule has 0 saturated carbocycles. The number of hydrogen-bond donors (Lipinski definition) is 3. The van der Waals surface area contributed by atoms with Gasteiger partial charge in [0.2, 0.25) is 11.9 Å². The monoisotopic (exact) mass is 222 g/mol. The predicted octanol–water partition coefficient (Wildman–Crippen LogP) is -1.71. The van der Waals surface area contributed by atoms with Crippen molar-refractivity contribution in [2.75, 3.05) is 5.73 Å². The summed E-state index contributed by atoms with van der Waals surface area (Å²) in [5.41, 5.74) is 5.31. The lowest BCUT2D eigenvalue weighted by atomic mass is 10.5. The Balaban J connectivity index is 1.81. The van der Waals surface area contributed by atoms with E-state index in [1.54, 1.807) is 0 Å². The second kappa shape index (κ2) is 4.38. The Hall–Kier alpha value is -2.45. The second-order valence-corrected chi connectivity index (χ2v) is 3.01. The standard InChI is InChI=1S/C7H10N8O/c8-7-11-4-15(14-7)2-6(16)9-1-5-10-3-12-13-5/h3-4H,1-2H2,(H2,8,14)(H,9,16)(H,10,12,13). The third kappa shape index (κ3) is 2.53. The van der Waals surface area contributed by atoms with Crippen LogP contribution in [0.4, 0.5) is 5.95 Å². The summed E-state index contributed by atoms with van der Waals surface area (Å²) in [6, 6.07) is 0. The van der Waals surface area contributed by atoms with Gasteiger partial charge in [-0.25, -0.2) is 14.6 Å². The molecule has 2 aromatic rings. The van der Waals surface area contributed by atoms with Gasteiger partial charge in [-0.3, -0.25) is 9.89 Å². The van der Waals surface area contributed by atoms with Gasteiger partial charge < -0.3 is 11.1 Å². The second-order valence-electron chi connectivity index (χ2n) is 3.01. The smallest absolute Gasteiger partial charge is 0.242 e. The molecule has 0 aliphatic carbocycles. The van der Waals surface area contributed by atoms with E-state index in [-0.39, 0.29) is 18.4 Å². The molecule has 0 bridgehead atoms. The van der Waals surface area contributed by atoms with E-state index in [0.717, 1.165) is 0 Å². The van der Waals surface area contributed by atoms with Crippen molar-refractivity contribution < 1.29 is 4.79 Å². The number of anilines is 1. The Labute approximate surface area is 90.1 Å². The fourth-order valence-corrected chi connectivity index (χ4v) is 1.09. The topological polar surface area (TPSA) is 127 Å². The highest BCUT2D eigenvalue weighted by Gasteiger charge is 2.05. The third-order valence-electron chi connectivity index (χ3n) is 1.78. The normalized spacial score (nSPS) is 10.2. The molecule has 0 saturated heterocycles. The Kier molecular flexibility index (Phi) is 2.76. The minimum atomic E-state index is -0.207. The molecule has 2 heterocycles. The van der Waals surface area contributed by atoms with E-state index in [0.29, 0.717) is 12.4 Å².